The average Bonchev–Trinajstić information content (AvgIpc) is 3.12. The summed E-state index contributed by atoms with van der Waals surface area (Å²) in [5.41, 5.74) is 4.74. The van der Waals surface area contributed by atoms with Crippen molar-refractivity contribution in [2.75, 3.05) is 5.32 Å². The molecule has 1 aliphatic carbocycles. The molecule has 0 amide bonds. The zero-order valence-electron chi connectivity index (χ0n) is 15.2. The number of hydrogen-bond donors (Lipinski definition) is 1. The minimum atomic E-state index is 0.143. The fraction of sp³-hybridized carbons (Fsp3) is 0.167. The molecule has 3 aromatic carbocycles. The first-order valence-corrected chi connectivity index (χ1v) is 9.25. The molecule has 0 fully saturated rings. The van der Waals surface area contributed by atoms with Crippen molar-refractivity contribution in [1.29, 1.82) is 0 Å². The van der Waals surface area contributed by atoms with E-state index in [-0.39, 0.29) is 6.10 Å². The standard InChI is InChI=1S/C24H23NO2/c1-18(26-17-19-7-3-2-4-8-19)25-21-12-14-22(15-13-21)27-24-16-11-20-9-5-6-10-23(20)24/h2-10,12-15,24-25H,1,11,16-17H2/t24-/m0/s1. The zero-order valence-corrected chi connectivity index (χ0v) is 15.2. The SMILES string of the molecule is C=C(Nc1ccc(O[C@H]2CCc3ccccc32)cc1)OCc1ccccc1. The number of rotatable bonds is 7. The van der Waals surface area contributed by atoms with Gasteiger partial charge in [0.15, 0.2) is 5.88 Å². The van der Waals surface area contributed by atoms with Crippen LogP contribution in [0.2, 0.25) is 0 Å². The van der Waals surface area contributed by atoms with Crippen molar-refractivity contribution < 1.29 is 9.47 Å². The van der Waals surface area contributed by atoms with Crippen LogP contribution in [0.15, 0.2) is 91.3 Å². The molecule has 0 heterocycles. The number of aryl methyl sites for hydroxylation is 1. The van der Waals surface area contributed by atoms with Crippen molar-refractivity contribution in [3.8, 4) is 5.75 Å². The van der Waals surface area contributed by atoms with Gasteiger partial charge in [0, 0.05) is 5.69 Å². The van der Waals surface area contributed by atoms with Crippen LogP contribution in [0.3, 0.4) is 0 Å². The molecule has 1 atom stereocenters. The number of ether oxygens (including phenoxy) is 2. The van der Waals surface area contributed by atoms with Crippen molar-refractivity contribution in [3.63, 3.8) is 0 Å². The van der Waals surface area contributed by atoms with Gasteiger partial charge in [-0.1, -0.05) is 54.6 Å². The van der Waals surface area contributed by atoms with E-state index < -0.39 is 0 Å². The number of nitrogens with one attached hydrogen (secondary N) is 1. The molecule has 0 aliphatic heterocycles. The molecular formula is C24H23NO2. The minimum Gasteiger partial charge on any atom is -0.486 e. The summed E-state index contributed by atoms with van der Waals surface area (Å²) >= 11 is 0. The fourth-order valence-electron chi connectivity index (χ4n) is 3.36. The van der Waals surface area contributed by atoms with Gasteiger partial charge in [-0.05, 0) is 60.4 Å². The van der Waals surface area contributed by atoms with Crippen LogP contribution < -0.4 is 10.1 Å². The molecule has 0 aromatic heterocycles. The summed E-state index contributed by atoms with van der Waals surface area (Å²) in [6.07, 6.45) is 2.26. The van der Waals surface area contributed by atoms with Crippen LogP contribution in [0.1, 0.15) is 29.2 Å². The van der Waals surface area contributed by atoms with Crippen LogP contribution in [0.4, 0.5) is 5.69 Å². The Hall–Kier alpha value is -3.20. The summed E-state index contributed by atoms with van der Waals surface area (Å²) in [5.74, 6) is 1.40. The molecule has 0 spiro atoms. The first-order valence-electron chi connectivity index (χ1n) is 9.25. The Morgan fingerprint density at radius 3 is 2.48 bits per heavy atom. The molecule has 3 heteroatoms. The fourth-order valence-corrected chi connectivity index (χ4v) is 3.36. The molecule has 0 unspecified atom stereocenters. The maximum absolute atomic E-state index is 6.19. The molecule has 4 rings (SSSR count). The number of fused-ring (bicyclic) bond motifs is 1. The van der Waals surface area contributed by atoms with Gasteiger partial charge in [0.05, 0.1) is 0 Å². The number of benzene rings is 3. The third-order valence-electron chi connectivity index (χ3n) is 4.75. The topological polar surface area (TPSA) is 30.5 Å². The van der Waals surface area contributed by atoms with Crippen LogP contribution in [-0.2, 0) is 17.8 Å². The number of hydrogen-bond acceptors (Lipinski definition) is 3. The molecule has 1 aliphatic rings. The van der Waals surface area contributed by atoms with Crippen LogP contribution in [0.25, 0.3) is 0 Å². The first-order chi connectivity index (χ1) is 13.3. The molecule has 0 radical (unpaired) electrons. The quantitative estimate of drug-likeness (QED) is 0.538. The lowest BCUT2D eigenvalue weighted by Gasteiger charge is -2.16. The molecule has 0 saturated heterocycles. The Morgan fingerprint density at radius 1 is 0.926 bits per heavy atom. The maximum atomic E-state index is 6.19. The molecule has 3 aromatic rings. The van der Waals surface area contributed by atoms with Crippen molar-refractivity contribution in [2.24, 2.45) is 0 Å². The van der Waals surface area contributed by atoms with Crippen LogP contribution in [0.5, 0.6) is 5.75 Å². The third kappa shape index (κ3) is 4.32. The second-order valence-corrected chi connectivity index (χ2v) is 6.69. The highest BCUT2D eigenvalue weighted by Crippen LogP contribution is 2.35. The van der Waals surface area contributed by atoms with E-state index in [0.29, 0.717) is 12.5 Å². The van der Waals surface area contributed by atoms with Gasteiger partial charge < -0.3 is 14.8 Å². The van der Waals surface area contributed by atoms with Gasteiger partial charge in [0.1, 0.15) is 18.5 Å². The predicted molar refractivity (Wildman–Crippen MR) is 109 cm³/mol. The van der Waals surface area contributed by atoms with Crippen LogP contribution in [-0.4, -0.2) is 0 Å². The Labute approximate surface area is 160 Å². The van der Waals surface area contributed by atoms with Crippen LogP contribution >= 0.6 is 0 Å². The summed E-state index contributed by atoms with van der Waals surface area (Å²) in [4.78, 5) is 0. The Kier molecular flexibility index (Phi) is 5.10. The molecule has 0 bridgehead atoms. The molecular weight excluding hydrogens is 334 g/mol. The van der Waals surface area contributed by atoms with Gasteiger partial charge in [-0.3, -0.25) is 0 Å². The van der Waals surface area contributed by atoms with Crippen molar-refractivity contribution >= 4 is 5.69 Å². The Morgan fingerprint density at radius 2 is 1.67 bits per heavy atom. The highest BCUT2D eigenvalue weighted by Gasteiger charge is 2.23. The van der Waals surface area contributed by atoms with Gasteiger partial charge in [0.2, 0.25) is 0 Å². The van der Waals surface area contributed by atoms with Crippen molar-refractivity contribution in [1.82, 2.24) is 0 Å². The average molecular weight is 357 g/mol. The van der Waals surface area contributed by atoms with E-state index in [0.717, 1.165) is 29.8 Å². The normalized spacial score (nSPS) is 15.0. The Balaban J connectivity index is 1.31. The minimum absolute atomic E-state index is 0.143. The highest BCUT2D eigenvalue weighted by atomic mass is 16.5. The van der Waals surface area contributed by atoms with Gasteiger partial charge in [-0.25, -0.2) is 0 Å². The smallest absolute Gasteiger partial charge is 0.184 e. The van der Waals surface area contributed by atoms with E-state index in [1.807, 2.05) is 54.6 Å². The van der Waals surface area contributed by atoms with E-state index in [9.17, 15) is 0 Å². The van der Waals surface area contributed by atoms with E-state index >= 15 is 0 Å². The van der Waals surface area contributed by atoms with Gasteiger partial charge >= 0.3 is 0 Å². The molecule has 136 valence electrons. The second-order valence-electron chi connectivity index (χ2n) is 6.69. The summed E-state index contributed by atoms with van der Waals surface area (Å²) in [7, 11) is 0. The summed E-state index contributed by atoms with van der Waals surface area (Å²) < 4.78 is 11.9. The highest BCUT2D eigenvalue weighted by molar-refractivity contribution is 5.49. The van der Waals surface area contributed by atoms with Crippen LogP contribution in [0, 0.1) is 0 Å². The third-order valence-corrected chi connectivity index (χ3v) is 4.75. The lowest BCUT2D eigenvalue weighted by atomic mass is 10.1. The molecule has 1 N–H and O–H groups in total. The van der Waals surface area contributed by atoms with Gasteiger partial charge in [-0.2, -0.15) is 0 Å². The molecule has 0 saturated carbocycles. The largest absolute Gasteiger partial charge is 0.486 e. The molecule has 27 heavy (non-hydrogen) atoms. The zero-order chi connectivity index (χ0) is 18.5. The van der Waals surface area contributed by atoms with Gasteiger partial charge in [0.25, 0.3) is 0 Å². The van der Waals surface area contributed by atoms with E-state index in [2.05, 4.69) is 36.2 Å². The van der Waals surface area contributed by atoms with Crippen molar-refractivity contribution in [3.05, 3.63) is 108 Å². The second kappa shape index (κ2) is 8.00. The maximum Gasteiger partial charge on any atom is 0.184 e. The van der Waals surface area contributed by atoms with E-state index in [1.54, 1.807) is 0 Å². The Bertz CT molecular complexity index is 903. The van der Waals surface area contributed by atoms with E-state index in [4.69, 9.17) is 9.47 Å². The summed E-state index contributed by atoms with van der Waals surface area (Å²) in [6.45, 7) is 4.43. The summed E-state index contributed by atoms with van der Waals surface area (Å²) in [5, 5.41) is 3.18. The number of anilines is 1. The first kappa shape index (κ1) is 17.2. The molecule has 3 nitrogen and oxygen atoms in total. The summed E-state index contributed by atoms with van der Waals surface area (Å²) in [6, 6.07) is 26.5. The lowest BCUT2D eigenvalue weighted by Crippen LogP contribution is -2.04. The predicted octanol–water partition coefficient (Wildman–Crippen LogP) is 5.85. The lowest BCUT2D eigenvalue weighted by molar-refractivity contribution is 0.205. The monoisotopic (exact) mass is 357 g/mol. The van der Waals surface area contributed by atoms with E-state index in [1.165, 1.54) is 11.1 Å². The van der Waals surface area contributed by atoms with Crippen molar-refractivity contribution in [2.45, 2.75) is 25.6 Å². The van der Waals surface area contributed by atoms with Gasteiger partial charge in [-0.15, -0.1) is 0 Å².